The predicted octanol–water partition coefficient (Wildman–Crippen LogP) is 11.7. The quantitative estimate of drug-likeness (QED) is 0.178. The van der Waals surface area contributed by atoms with Gasteiger partial charge in [-0.3, -0.25) is 0 Å². The molecular formula is C40H56O. The first-order valence-electron chi connectivity index (χ1n) is 15.1. The molecule has 1 unspecified atom stereocenters. The molecule has 1 aliphatic rings. The number of aliphatic hydroxyl groups excluding tert-OH is 1. The Kier molecular flexibility index (Phi) is 16.7. The maximum absolute atomic E-state index is 10.1. The molecule has 0 fully saturated rings. The van der Waals surface area contributed by atoms with Gasteiger partial charge in [0.2, 0.25) is 0 Å². The molecule has 0 aromatic heterocycles. The van der Waals surface area contributed by atoms with Gasteiger partial charge in [0.15, 0.2) is 0 Å². The van der Waals surface area contributed by atoms with E-state index in [1.165, 1.54) is 44.6 Å². The van der Waals surface area contributed by atoms with E-state index >= 15 is 0 Å². The van der Waals surface area contributed by atoms with Gasteiger partial charge < -0.3 is 5.11 Å². The summed E-state index contributed by atoms with van der Waals surface area (Å²) in [5.74, 6) is 0. The second-order valence-electron chi connectivity index (χ2n) is 12.4. The van der Waals surface area contributed by atoms with Gasteiger partial charge in [0.25, 0.3) is 0 Å². The van der Waals surface area contributed by atoms with Gasteiger partial charge in [-0.25, -0.2) is 0 Å². The molecule has 1 rings (SSSR count). The molecule has 0 bridgehead atoms. The Balaban J connectivity index is 2.60. The smallest absolute Gasteiger partial charge is 0.0585 e. The first-order valence-corrected chi connectivity index (χ1v) is 15.1. The van der Waals surface area contributed by atoms with E-state index < -0.39 is 0 Å². The van der Waals surface area contributed by atoms with Crippen LogP contribution in [0.4, 0.5) is 0 Å². The summed E-state index contributed by atoms with van der Waals surface area (Å²) in [5.41, 5.74) is 10.3. The van der Waals surface area contributed by atoms with Gasteiger partial charge in [0.05, 0.1) is 6.10 Å². The molecule has 0 amide bonds. The van der Waals surface area contributed by atoms with Gasteiger partial charge in [-0.05, 0) is 92.1 Å². The summed E-state index contributed by atoms with van der Waals surface area (Å²) in [6, 6.07) is 0. The van der Waals surface area contributed by atoms with E-state index in [0.717, 1.165) is 25.7 Å². The van der Waals surface area contributed by atoms with Crippen LogP contribution in [-0.4, -0.2) is 11.2 Å². The third-order valence-corrected chi connectivity index (χ3v) is 7.09. The highest BCUT2D eigenvalue weighted by atomic mass is 16.3. The van der Waals surface area contributed by atoms with Crippen molar-refractivity contribution in [3.05, 3.63) is 142 Å². The van der Waals surface area contributed by atoms with E-state index in [1.54, 1.807) is 0 Å². The first-order chi connectivity index (χ1) is 19.3. The molecule has 0 heterocycles. The SMILES string of the molecule is CC(C)=CCC/C(C)=C/C=C/C(C)=C\C=C/C(C)=C/C=C\C=C(C)\C=C\C=C(C)/C=C/C1=C(C)CC(O)CC1(C)C. The molecule has 0 aromatic rings. The van der Waals surface area contributed by atoms with E-state index in [1.807, 2.05) is 0 Å². The molecule has 1 N–H and O–H groups in total. The minimum Gasteiger partial charge on any atom is -0.393 e. The minimum atomic E-state index is -0.222. The molecule has 1 aliphatic carbocycles. The zero-order chi connectivity index (χ0) is 30.8. The van der Waals surface area contributed by atoms with E-state index in [2.05, 4.69) is 166 Å². The lowest BCUT2D eigenvalue weighted by Gasteiger charge is -2.35. The lowest BCUT2D eigenvalue weighted by molar-refractivity contribution is 0.116. The fourth-order valence-electron chi connectivity index (χ4n) is 4.77. The van der Waals surface area contributed by atoms with E-state index in [-0.39, 0.29) is 11.5 Å². The molecule has 0 radical (unpaired) electrons. The maximum atomic E-state index is 10.1. The lowest BCUT2D eigenvalue weighted by atomic mass is 9.71. The van der Waals surface area contributed by atoms with Crippen molar-refractivity contribution in [3.63, 3.8) is 0 Å². The Labute approximate surface area is 252 Å². The number of hydrogen-bond acceptors (Lipinski definition) is 1. The summed E-state index contributed by atoms with van der Waals surface area (Å²) < 4.78 is 0. The van der Waals surface area contributed by atoms with Crippen LogP contribution in [0.1, 0.15) is 94.9 Å². The minimum absolute atomic E-state index is 0.0115. The van der Waals surface area contributed by atoms with Crippen LogP contribution in [0.2, 0.25) is 0 Å². The van der Waals surface area contributed by atoms with E-state index in [0.29, 0.717) is 0 Å². The van der Waals surface area contributed by atoms with Crippen LogP contribution in [-0.2, 0) is 0 Å². The van der Waals surface area contributed by atoms with Crippen LogP contribution in [0.25, 0.3) is 0 Å². The van der Waals surface area contributed by atoms with Crippen molar-refractivity contribution < 1.29 is 5.11 Å². The summed E-state index contributed by atoms with van der Waals surface area (Å²) in [4.78, 5) is 0. The monoisotopic (exact) mass is 552 g/mol. The van der Waals surface area contributed by atoms with Crippen LogP contribution in [0.3, 0.4) is 0 Å². The van der Waals surface area contributed by atoms with Crippen molar-refractivity contribution >= 4 is 0 Å². The highest BCUT2D eigenvalue weighted by Gasteiger charge is 2.31. The van der Waals surface area contributed by atoms with Gasteiger partial charge >= 0.3 is 0 Å². The molecule has 1 nitrogen and oxygen atoms in total. The molecule has 222 valence electrons. The Morgan fingerprint density at radius 3 is 1.66 bits per heavy atom. The van der Waals surface area contributed by atoms with Gasteiger partial charge in [-0.1, -0.05) is 150 Å². The van der Waals surface area contributed by atoms with Crippen molar-refractivity contribution in [1.82, 2.24) is 0 Å². The van der Waals surface area contributed by atoms with Crippen molar-refractivity contribution in [2.24, 2.45) is 5.41 Å². The zero-order valence-corrected chi connectivity index (χ0v) is 27.6. The van der Waals surface area contributed by atoms with Gasteiger partial charge in [-0.2, -0.15) is 0 Å². The van der Waals surface area contributed by atoms with Gasteiger partial charge in [-0.15, -0.1) is 0 Å². The number of allylic oxidation sites excluding steroid dienone is 23. The Morgan fingerprint density at radius 1 is 0.707 bits per heavy atom. The highest BCUT2D eigenvalue weighted by molar-refractivity contribution is 5.38. The molecule has 0 spiro atoms. The fraction of sp³-hybridized carbons (Fsp3) is 0.400. The van der Waals surface area contributed by atoms with Crippen LogP contribution in [0, 0.1) is 5.41 Å². The number of aliphatic hydroxyl groups is 1. The van der Waals surface area contributed by atoms with E-state index in [4.69, 9.17) is 0 Å². The molecule has 0 saturated heterocycles. The summed E-state index contributed by atoms with van der Waals surface area (Å²) in [6.45, 7) is 21.6. The van der Waals surface area contributed by atoms with Gasteiger partial charge in [0, 0.05) is 0 Å². The zero-order valence-electron chi connectivity index (χ0n) is 27.6. The third kappa shape index (κ3) is 16.6. The molecule has 41 heavy (non-hydrogen) atoms. The topological polar surface area (TPSA) is 20.2 Å². The Bertz CT molecular complexity index is 1220. The molecule has 1 heteroatoms. The normalized spacial score (nSPS) is 20.2. The van der Waals surface area contributed by atoms with E-state index in [9.17, 15) is 5.11 Å². The molecule has 0 aliphatic heterocycles. The number of rotatable bonds is 13. The number of hydrogen-bond donors (Lipinski definition) is 1. The summed E-state index contributed by atoms with van der Waals surface area (Å²) in [6.07, 6.45) is 38.0. The average Bonchev–Trinajstić information content (AvgIpc) is 2.85. The van der Waals surface area contributed by atoms with Crippen LogP contribution in [0.15, 0.2) is 142 Å². The molecule has 0 saturated carbocycles. The molecule has 1 atom stereocenters. The van der Waals surface area contributed by atoms with Crippen molar-refractivity contribution in [3.8, 4) is 0 Å². The predicted molar refractivity (Wildman–Crippen MR) is 185 cm³/mol. The second kappa shape index (κ2) is 19.1. The highest BCUT2D eigenvalue weighted by Crippen LogP contribution is 2.41. The fourth-order valence-corrected chi connectivity index (χ4v) is 4.77. The summed E-state index contributed by atoms with van der Waals surface area (Å²) >= 11 is 0. The Morgan fingerprint density at radius 2 is 1.17 bits per heavy atom. The third-order valence-electron chi connectivity index (χ3n) is 7.09. The van der Waals surface area contributed by atoms with Crippen molar-refractivity contribution in [1.29, 1.82) is 0 Å². The van der Waals surface area contributed by atoms with Crippen molar-refractivity contribution in [2.75, 3.05) is 0 Å². The Hall–Kier alpha value is -3.16. The second-order valence-corrected chi connectivity index (χ2v) is 12.4. The lowest BCUT2D eigenvalue weighted by Crippen LogP contribution is -2.28. The first kappa shape index (κ1) is 35.9. The summed E-state index contributed by atoms with van der Waals surface area (Å²) in [5, 5.41) is 10.1. The molecular weight excluding hydrogens is 496 g/mol. The maximum Gasteiger partial charge on any atom is 0.0585 e. The standard InChI is InChI=1S/C40H56O/c1-31(2)17-13-20-34(5)23-15-25-35(6)24-14-21-32(3)18-11-12-19-33(4)22-16-26-36(7)27-28-39-37(8)29-38(41)30-40(39,9)10/h11-12,14-19,21-28,38,41H,13,20,29-30H2,1-10H3/b12-11-,21-14-,22-16+,25-15+,28-27+,32-18+,33-19+,34-23+,35-24-,36-26-. The van der Waals surface area contributed by atoms with Crippen LogP contribution >= 0.6 is 0 Å². The van der Waals surface area contributed by atoms with Crippen LogP contribution in [0.5, 0.6) is 0 Å². The van der Waals surface area contributed by atoms with Crippen LogP contribution < -0.4 is 0 Å². The summed E-state index contributed by atoms with van der Waals surface area (Å²) in [7, 11) is 0. The van der Waals surface area contributed by atoms with Crippen molar-refractivity contribution in [2.45, 2.75) is 101 Å². The largest absolute Gasteiger partial charge is 0.393 e. The van der Waals surface area contributed by atoms with Gasteiger partial charge in [0.1, 0.15) is 0 Å². The average molecular weight is 553 g/mol. The molecule has 0 aromatic carbocycles.